The van der Waals surface area contributed by atoms with Gasteiger partial charge in [0.05, 0.1) is 4.92 Å². The lowest BCUT2D eigenvalue weighted by Crippen LogP contribution is -2.24. The Morgan fingerprint density at radius 2 is 1.76 bits per heavy atom. The number of benzene rings is 2. The molecule has 4 N–H and O–H groups in total. The zero-order valence-electron chi connectivity index (χ0n) is 13.3. The Kier molecular flexibility index (Phi) is 5.78. The summed E-state index contributed by atoms with van der Waals surface area (Å²) in [4.78, 5) is 21.9. The lowest BCUT2D eigenvalue weighted by atomic mass is 10.1. The number of unbranched alkanes of at least 4 members (excludes halogenated alkanes) is 1. The lowest BCUT2D eigenvalue weighted by Gasteiger charge is -2.09. The van der Waals surface area contributed by atoms with Gasteiger partial charge in [0.1, 0.15) is 11.3 Å². The van der Waals surface area contributed by atoms with E-state index in [-0.39, 0.29) is 6.54 Å². The van der Waals surface area contributed by atoms with Crippen molar-refractivity contribution in [1.82, 2.24) is 5.32 Å². The molecule has 0 fully saturated rings. The summed E-state index contributed by atoms with van der Waals surface area (Å²) in [6.07, 6.45) is 2.32. The summed E-state index contributed by atoms with van der Waals surface area (Å²) in [7, 11) is 0. The summed E-state index contributed by atoms with van der Waals surface area (Å²) in [5.41, 5.74) is -0.474. The number of aromatic hydroxyl groups is 3. The predicted molar refractivity (Wildman–Crippen MR) is 89.8 cm³/mol. The van der Waals surface area contributed by atoms with E-state index in [1.54, 1.807) is 0 Å². The molecule has 2 aromatic rings. The van der Waals surface area contributed by atoms with Crippen molar-refractivity contribution in [2.24, 2.45) is 0 Å². The predicted octanol–water partition coefficient (Wildman–Crippen LogP) is 2.46. The smallest absolute Gasteiger partial charge is 0.353 e. The maximum atomic E-state index is 12.1. The van der Waals surface area contributed by atoms with Crippen LogP contribution in [0.5, 0.6) is 17.2 Å². The van der Waals surface area contributed by atoms with Crippen LogP contribution in [0.25, 0.3) is 0 Å². The van der Waals surface area contributed by atoms with Gasteiger partial charge in [0.25, 0.3) is 5.91 Å². The minimum Gasteiger partial charge on any atom is -0.507 e. The number of nitrogens with zero attached hydrogens (tertiary/aromatic N) is 1. The number of amides is 1. The highest BCUT2D eigenvalue weighted by atomic mass is 16.6. The molecule has 25 heavy (non-hydrogen) atoms. The molecule has 8 nitrogen and oxygen atoms in total. The van der Waals surface area contributed by atoms with E-state index in [2.05, 4.69) is 5.32 Å². The van der Waals surface area contributed by atoms with Gasteiger partial charge in [-0.1, -0.05) is 30.3 Å². The Morgan fingerprint density at radius 3 is 2.40 bits per heavy atom. The van der Waals surface area contributed by atoms with Crippen LogP contribution in [0.15, 0.2) is 36.4 Å². The van der Waals surface area contributed by atoms with Gasteiger partial charge in [-0.05, 0) is 24.8 Å². The second-order valence-electron chi connectivity index (χ2n) is 5.44. The number of carbonyl (C=O) groups is 1. The molecular weight excluding hydrogens is 328 g/mol. The summed E-state index contributed by atoms with van der Waals surface area (Å²) < 4.78 is 0. The Balaban J connectivity index is 1.95. The SMILES string of the molecule is O=C(NCCCCc1ccccc1)c1c(O)cc(O)c([N+](=O)[O-])c1O. The topological polar surface area (TPSA) is 133 Å². The number of phenols is 3. The normalized spacial score (nSPS) is 10.4. The number of nitrogens with one attached hydrogen (secondary N) is 1. The molecule has 0 saturated heterocycles. The third kappa shape index (κ3) is 4.37. The Bertz CT molecular complexity index is 776. The average Bonchev–Trinajstić information content (AvgIpc) is 2.54. The molecule has 2 rings (SSSR count). The number of rotatable bonds is 7. The minimum absolute atomic E-state index is 0.277. The third-order valence-electron chi connectivity index (χ3n) is 3.66. The summed E-state index contributed by atoms with van der Waals surface area (Å²) in [5, 5.41) is 42.3. The van der Waals surface area contributed by atoms with E-state index < -0.39 is 39.3 Å². The molecule has 8 heteroatoms. The fourth-order valence-electron chi connectivity index (χ4n) is 2.42. The maximum Gasteiger partial charge on any atom is 0.353 e. The van der Waals surface area contributed by atoms with Gasteiger partial charge in [0.15, 0.2) is 0 Å². The third-order valence-corrected chi connectivity index (χ3v) is 3.66. The zero-order valence-corrected chi connectivity index (χ0v) is 13.3. The van der Waals surface area contributed by atoms with Gasteiger partial charge < -0.3 is 20.6 Å². The number of phenolic OH excluding ortho intramolecular Hbond substituents is 3. The Morgan fingerprint density at radius 1 is 1.08 bits per heavy atom. The lowest BCUT2D eigenvalue weighted by molar-refractivity contribution is -0.386. The van der Waals surface area contributed by atoms with Gasteiger partial charge in [0, 0.05) is 12.6 Å². The monoisotopic (exact) mass is 346 g/mol. The highest BCUT2D eigenvalue weighted by molar-refractivity contribution is 6.01. The fourth-order valence-corrected chi connectivity index (χ4v) is 2.42. The second kappa shape index (κ2) is 8.00. The van der Waals surface area contributed by atoms with Crippen molar-refractivity contribution >= 4 is 11.6 Å². The van der Waals surface area contributed by atoms with Gasteiger partial charge in [-0.3, -0.25) is 14.9 Å². The molecule has 1 amide bonds. The van der Waals surface area contributed by atoms with Gasteiger partial charge in [-0.2, -0.15) is 0 Å². The largest absolute Gasteiger partial charge is 0.507 e. The van der Waals surface area contributed by atoms with Crippen LogP contribution in [0.4, 0.5) is 5.69 Å². The van der Waals surface area contributed by atoms with Gasteiger partial charge >= 0.3 is 5.69 Å². The molecule has 0 saturated carbocycles. The quantitative estimate of drug-likeness (QED) is 0.346. The molecule has 132 valence electrons. The Labute approximate surface area is 143 Å². The van der Waals surface area contributed by atoms with Crippen molar-refractivity contribution in [3.63, 3.8) is 0 Å². The second-order valence-corrected chi connectivity index (χ2v) is 5.44. The van der Waals surface area contributed by atoms with Crippen molar-refractivity contribution in [2.45, 2.75) is 19.3 Å². The molecule has 0 radical (unpaired) electrons. The summed E-state index contributed by atoms with van der Waals surface area (Å²) >= 11 is 0. The number of nitro groups is 1. The van der Waals surface area contributed by atoms with E-state index in [0.717, 1.165) is 12.8 Å². The maximum absolute atomic E-state index is 12.1. The molecule has 2 aromatic carbocycles. The van der Waals surface area contributed by atoms with E-state index in [9.17, 15) is 30.2 Å². The minimum atomic E-state index is -1.07. The van der Waals surface area contributed by atoms with E-state index >= 15 is 0 Å². The van der Waals surface area contributed by atoms with Crippen LogP contribution in [-0.4, -0.2) is 32.7 Å². The van der Waals surface area contributed by atoms with Crippen molar-refractivity contribution in [1.29, 1.82) is 0 Å². The number of hydrogen-bond donors (Lipinski definition) is 4. The first-order valence-corrected chi connectivity index (χ1v) is 7.66. The average molecular weight is 346 g/mol. The van der Waals surface area contributed by atoms with Crippen LogP contribution in [0.3, 0.4) is 0 Å². The first-order valence-electron chi connectivity index (χ1n) is 7.66. The van der Waals surface area contributed by atoms with Crippen molar-refractivity contribution in [3.8, 4) is 17.2 Å². The van der Waals surface area contributed by atoms with Crippen LogP contribution < -0.4 is 5.32 Å². The Hall–Kier alpha value is -3.29. The number of aryl methyl sites for hydroxylation is 1. The van der Waals surface area contributed by atoms with Crippen molar-refractivity contribution < 1.29 is 25.0 Å². The molecule has 0 aliphatic rings. The van der Waals surface area contributed by atoms with Crippen LogP contribution in [0.2, 0.25) is 0 Å². The van der Waals surface area contributed by atoms with Gasteiger partial charge in [-0.15, -0.1) is 0 Å². The highest BCUT2D eigenvalue weighted by Gasteiger charge is 2.29. The molecule has 0 aliphatic carbocycles. The van der Waals surface area contributed by atoms with E-state index in [1.807, 2.05) is 30.3 Å². The fraction of sp³-hybridized carbons (Fsp3) is 0.235. The summed E-state index contributed by atoms with van der Waals surface area (Å²) in [6.45, 7) is 0.277. The zero-order chi connectivity index (χ0) is 18.4. The molecular formula is C17H18N2O6. The first kappa shape index (κ1) is 18.1. The van der Waals surface area contributed by atoms with Crippen molar-refractivity contribution in [2.75, 3.05) is 6.54 Å². The van der Waals surface area contributed by atoms with E-state index in [0.29, 0.717) is 12.5 Å². The molecule has 0 unspecified atom stereocenters. The van der Waals surface area contributed by atoms with Gasteiger partial charge in [0.2, 0.25) is 11.5 Å². The van der Waals surface area contributed by atoms with Crippen LogP contribution >= 0.6 is 0 Å². The summed E-state index contributed by atoms with van der Waals surface area (Å²) in [6, 6.07) is 10.5. The molecule has 0 aromatic heterocycles. The number of carbonyl (C=O) groups excluding carboxylic acids is 1. The van der Waals surface area contributed by atoms with Crippen LogP contribution in [-0.2, 0) is 6.42 Å². The molecule has 0 spiro atoms. The first-order chi connectivity index (χ1) is 11.9. The van der Waals surface area contributed by atoms with Crippen molar-refractivity contribution in [3.05, 3.63) is 57.6 Å². The molecule has 0 heterocycles. The highest BCUT2D eigenvalue weighted by Crippen LogP contribution is 2.42. The standard InChI is InChI=1S/C17H18N2O6/c20-12-10-13(21)15(19(24)25)16(22)14(12)17(23)18-9-5-4-8-11-6-2-1-3-7-11/h1-3,6-7,10,20-22H,4-5,8-9H2,(H,18,23). The van der Waals surface area contributed by atoms with E-state index in [1.165, 1.54) is 5.56 Å². The van der Waals surface area contributed by atoms with Crippen LogP contribution in [0.1, 0.15) is 28.8 Å². The molecule has 0 aliphatic heterocycles. The molecule has 0 bridgehead atoms. The van der Waals surface area contributed by atoms with Crippen LogP contribution in [0, 0.1) is 10.1 Å². The molecule has 0 atom stereocenters. The summed E-state index contributed by atoms with van der Waals surface area (Å²) in [5.74, 6) is -3.57. The number of nitro benzene ring substituents is 1. The van der Waals surface area contributed by atoms with Gasteiger partial charge in [-0.25, -0.2) is 0 Å². The van der Waals surface area contributed by atoms with E-state index in [4.69, 9.17) is 0 Å². The number of hydrogen-bond acceptors (Lipinski definition) is 6.